The number of methoxy groups -OCH3 is 2. The zero-order chi connectivity index (χ0) is 88.4. The Bertz CT molecular complexity index is 3070. The van der Waals surface area contributed by atoms with E-state index in [2.05, 4.69) is 29.6 Å². The van der Waals surface area contributed by atoms with Crippen molar-refractivity contribution in [2.75, 3.05) is 27.3 Å². The molecule has 0 aromatic rings. The van der Waals surface area contributed by atoms with Gasteiger partial charge in [-0.05, 0) is 109 Å². The lowest BCUT2D eigenvalue weighted by molar-refractivity contribution is -0.462. The van der Waals surface area contributed by atoms with Gasteiger partial charge < -0.3 is 54.8 Å². The monoisotopic (exact) mass is 1690 g/mol. The van der Waals surface area contributed by atoms with E-state index in [1.807, 2.05) is 27.7 Å². The summed E-state index contributed by atoms with van der Waals surface area (Å²) in [6.07, 6.45) is -22.5. The molecule has 0 spiro atoms. The van der Waals surface area contributed by atoms with E-state index in [0.29, 0.717) is 19.0 Å². The van der Waals surface area contributed by atoms with Gasteiger partial charge in [-0.15, -0.1) is 0 Å². The number of esters is 2. The van der Waals surface area contributed by atoms with Crippen LogP contribution in [0.15, 0.2) is 0 Å². The molecule has 53 heteroatoms. The number of hydrogen-bond donors (Lipinski definition) is 5. The first-order valence-electron chi connectivity index (χ1n) is 29.8. The molecule has 0 fully saturated rings. The third kappa shape index (κ3) is 24.9. The summed E-state index contributed by atoms with van der Waals surface area (Å²) in [7, 11) is 2.01. The van der Waals surface area contributed by atoms with E-state index < -0.39 is 191 Å². The van der Waals surface area contributed by atoms with E-state index in [9.17, 15) is 179 Å². The third-order valence-corrected chi connectivity index (χ3v) is 13.1. The van der Waals surface area contributed by atoms with Gasteiger partial charge in [0.1, 0.15) is 22.4 Å². The average Bonchev–Trinajstić information content (AvgIpc) is 0.698. The molecule has 0 rings (SSSR count). The summed E-state index contributed by atoms with van der Waals surface area (Å²) in [5, 5.41) is 14.4. The van der Waals surface area contributed by atoms with Gasteiger partial charge in [0.2, 0.25) is 6.04 Å². The fourth-order valence-corrected chi connectivity index (χ4v) is 7.50. The maximum Gasteiger partial charge on any atom is 0.460 e. The predicted octanol–water partition coefficient (Wildman–Crippen LogP) is 16.8. The number of ether oxygens (including phenoxy) is 6. The van der Waals surface area contributed by atoms with Gasteiger partial charge in [-0.25, -0.2) is 24.0 Å². The Morgan fingerprint density at radius 1 is 0.321 bits per heavy atom. The minimum Gasteiger partial charge on any atom is -0.480 e. The second kappa shape index (κ2) is 35.6. The minimum absolute atomic E-state index is 0.0865. The Kier molecular flexibility index (Phi) is 34.6. The average molecular weight is 1690 g/mol. The SMILES string of the molecule is CC(C)(C)OC(=O)NC(C(=O)O)C(F)(F)C(F)(F)C(F)(F)C(F)(F)C(F)(F)C(F)(F)C(F)(F)C(F)(F)F.COC(=O)[C@@H](C)CCCCNC(=O)OC(C)(C)C.COC(=O)[C@H](CCCCNC(=O)OC(C)(C)C)CC(=O)C(NC(=O)OC(C)(C)C)C(F)(F)C(F)(F)C(F)(F)C(F)(F)C(F)(F)C(F)(F)C(F)(F)C(F)(F)F. The van der Waals surface area contributed by atoms with Crippen molar-refractivity contribution in [1.29, 1.82) is 0 Å². The molecule has 4 amide bonds. The van der Waals surface area contributed by atoms with Crippen LogP contribution in [-0.2, 0) is 47.6 Å². The minimum atomic E-state index is -8.94. The maximum absolute atomic E-state index is 15.3. The van der Waals surface area contributed by atoms with Crippen LogP contribution in [0.4, 0.5) is 168 Å². The number of unbranched alkanes of at least 4 members (excludes halogenated alkanes) is 2. The standard InChI is InChI=1S/C28H35F17N2O7.C15H12F17NO4.C13H25NO4/c1-19(2,3)53-17(50)46-11-9-8-10-13(16(49)52-7)12-14(48)15(47-18(51)54-20(4,5)6)21(29,30)22(31,32)23(33,34)24(35,36)25(37,38)26(39,40)27(41,42)28(43,44)45;1-7(2,3)37-6(36)33-4(5(34)35)8(16,17)9(18,19)10(20,21)11(22,23)12(24,25)13(26,27)14(28,29)15(30,31)32;1-10(11(15)17-5)8-6-7-9-14-12(16)18-13(2,3)4/h13,15H,8-12H2,1-7H3,(H,46,50)(H,47,51);4H,1-3H3,(H,33,36)(H,34,35);10H,6-9H2,1-5H3,(H,14,16)/t13-,15?;;10-/m1.0/s1. The number of carboxylic acids is 1. The largest absolute Gasteiger partial charge is 0.480 e. The number of carbonyl (C=O) groups excluding carboxylic acids is 7. The smallest absolute Gasteiger partial charge is 0.460 e. The highest BCUT2D eigenvalue weighted by molar-refractivity contribution is 5.91. The first-order chi connectivity index (χ1) is 47.5. The molecule has 0 saturated carbocycles. The zero-order valence-corrected chi connectivity index (χ0v) is 58.7. The molecule has 0 aliphatic rings. The molecule has 5 N–H and O–H groups in total. The Morgan fingerprint density at radius 2 is 0.560 bits per heavy atom. The molecule has 2 unspecified atom stereocenters. The topological polar surface area (TPSA) is 260 Å². The van der Waals surface area contributed by atoms with Crippen LogP contribution in [0.5, 0.6) is 0 Å². The van der Waals surface area contributed by atoms with Crippen LogP contribution < -0.4 is 21.3 Å². The van der Waals surface area contributed by atoms with E-state index >= 15 is 8.78 Å². The lowest BCUT2D eigenvalue weighted by Crippen LogP contribution is -2.76. The van der Waals surface area contributed by atoms with Crippen molar-refractivity contribution in [2.45, 2.75) is 265 Å². The van der Waals surface area contributed by atoms with Crippen LogP contribution in [0.2, 0.25) is 0 Å². The number of halogens is 34. The van der Waals surface area contributed by atoms with E-state index in [0.717, 1.165) is 60.8 Å². The number of amides is 4. The molecule has 0 aromatic carbocycles. The lowest BCUT2D eigenvalue weighted by Gasteiger charge is -2.43. The van der Waals surface area contributed by atoms with Crippen LogP contribution in [-0.4, -0.2) is 210 Å². The van der Waals surface area contributed by atoms with Crippen LogP contribution >= 0.6 is 0 Å². The van der Waals surface area contributed by atoms with Crippen LogP contribution in [0.25, 0.3) is 0 Å². The van der Waals surface area contributed by atoms with Crippen molar-refractivity contribution in [3.8, 4) is 0 Å². The number of aliphatic carboxylic acids is 1. The summed E-state index contributed by atoms with van der Waals surface area (Å²) in [5.74, 6) is -129. The molecule has 0 aliphatic carbocycles. The summed E-state index contributed by atoms with van der Waals surface area (Å²) in [6, 6.07) is -9.43. The van der Waals surface area contributed by atoms with Gasteiger partial charge in [0.15, 0.2) is 11.8 Å². The van der Waals surface area contributed by atoms with Gasteiger partial charge in [0, 0.05) is 19.5 Å². The second-order valence-corrected chi connectivity index (χ2v) is 26.8. The molecular formula is C56H72F34N4O15. The Hall–Kier alpha value is -7.22. The number of alkyl carbamates (subject to hydrolysis) is 4. The quantitative estimate of drug-likeness (QED) is 0.0182. The van der Waals surface area contributed by atoms with Crippen molar-refractivity contribution in [1.82, 2.24) is 21.3 Å². The number of rotatable bonds is 32. The van der Waals surface area contributed by atoms with E-state index in [-0.39, 0.29) is 36.6 Å². The van der Waals surface area contributed by atoms with Gasteiger partial charge in [-0.3, -0.25) is 14.4 Å². The number of ketones is 1. The molecule has 0 aliphatic heterocycles. The summed E-state index contributed by atoms with van der Waals surface area (Å²) in [6.45, 7) is 17.7. The lowest BCUT2D eigenvalue weighted by atomic mass is 9.84. The van der Waals surface area contributed by atoms with E-state index in [4.69, 9.17) is 14.6 Å². The van der Waals surface area contributed by atoms with Gasteiger partial charge in [-0.2, -0.15) is 149 Å². The summed E-state index contributed by atoms with van der Waals surface area (Å²) in [5.41, 5.74) is -5.01. The fourth-order valence-electron chi connectivity index (χ4n) is 7.50. The van der Waals surface area contributed by atoms with E-state index in [1.54, 1.807) is 0 Å². The van der Waals surface area contributed by atoms with Crippen molar-refractivity contribution in [3.05, 3.63) is 0 Å². The number of Topliss-reactive ketones (excluding diaryl/α,β-unsaturated/α-hetero) is 1. The molecule has 109 heavy (non-hydrogen) atoms. The van der Waals surface area contributed by atoms with Crippen LogP contribution in [0, 0.1) is 11.8 Å². The molecule has 4 atom stereocenters. The normalized spacial score (nSPS) is 15.3. The first-order valence-corrected chi connectivity index (χ1v) is 29.8. The Labute approximate surface area is 593 Å². The molecule has 0 bridgehead atoms. The molecule has 19 nitrogen and oxygen atoms in total. The molecule has 0 radical (unpaired) electrons. The van der Waals surface area contributed by atoms with Gasteiger partial charge in [0.05, 0.1) is 26.1 Å². The molecular weight excluding hydrogens is 1610 g/mol. The molecule has 0 aromatic heterocycles. The van der Waals surface area contributed by atoms with Crippen molar-refractivity contribution >= 4 is 48.1 Å². The predicted molar refractivity (Wildman–Crippen MR) is 298 cm³/mol. The third-order valence-electron chi connectivity index (χ3n) is 13.1. The fraction of sp³-hybridized carbons (Fsp3) is 0.857. The number of hydrogen-bond acceptors (Lipinski definition) is 14. The van der Waals surface area contributed by atoms with Crippen molar-refractivity contribution in [2.24, 2.45) is 11.8 Å². The number of carboxylic acid groups (broad SMARTS) is 1. The summed E-state index contributed by atoms with van der Waals surface area (Å²) < 4.78 is 490. The second-order valence-electron chi connectivity index (χ2n) is 26.8. The highest BCUT2D eigenvalue weighted by Crippen LogP contribution is 2.66. The highest BCUT2D eigenvalue weighted by atomic mass is 19.4. The van der Waals surface area contributed by atoms with Crippen LogP contribution in [0.1, 0.15) is 135 Å². The van der Waals surface area contributed by atoms with Gasteiger partial charge >= 0.3 is 138 Å². The number of carbonyl (C=O) groups is 8. The Balaban J connectivity index is -0.00000175. The van der Waals surface area contributed by atoms with Crippen molar-refractivity contribution in [3.63, 3.8) is 0 Å². The van der Waals surface area contributed by atoms with Gasteiger partial charge in [0.25, 0.3) is 0 Å². The van der Waals surface area contributed by atoms with E-state index in [1.165, 1.54) is 27.9 Å². The summed E-state index contributed by atoms with van der Waals surface area (Å²) >= 11 is 0. The first kappa shape index (κ1) is 106. The zero-order valence-electron chi connectivity index (χ0n) is 58.7. The number of nitrogens with one attached hydrogen (secondary N) is 4. The Morgan fingerprint density at radius 3 is 0.817 bits per heavy atom. The molecule has 0 saturated heterocycles. The summed E-state index contributed by atoms with van der Waals surface area (Å²) in [4.78, 5) is 93.8. The number of alkyl halides is 34. The van der Waals surface area contributed by atoms with Gasteiger partial charge in [-0.1, -0.05) is 19.8 Å². The maximum atomic E-state index is 15.3. The molecule has 644 valence electrons. The van der Waals surface area contributed by atoms with Crippen LogP contribution in [0.3, 0.4) is 0 Å². The van der Waals surface area contributed by atoms with Crippen molar-refractivity contribution < 1.29 is 221 Å². The highest BCUT2D eigenvalue weighted by Gasteiger charge is 2.98. The molecule has 0 heterocycles.